The predicted molar refractivity (Wildman–Crippen MR) is 61.9 cm³/mol. The van der Waals surface area contributed by atoms with Gasteiger partial charge in [-0.05, 0) is 30.9 Å². The van der Waals surface area contributed by atoms with E-state index in [2.05, 4.69) is 26.0 Å². The molecule has 0 aliphatic heterocycles. The van der Waals surface area contributed by atoms with Crippen LogP contribution < -0.4 is 0 Å². The molecule has 0 aromatic carbocycles. The van der Waals surface area contributed by atoms with E-state index in [9.17, 15) is 0 Å². The first-order chi connectivity index (χ1) is 7.22. The van der Waals surface area contributed by atoms with Crippen molar-refractivity contribution in [3.63, 3.8) is 0 Å². The minimum Gasteiger partial charge on any atom is -0.466 e. The van der Waals surface area contributed by atoms with Gasteiger partial charge in [-0.15, -0.1) is 0 Å². The van der Waals surface area contributed by atoms with Gasteiger partial charge in [0.25, 0.3) is 0 Å². The fraction of sp³-hybridized carbons (Fsp3) is 0.692. The summed E-state index contributed by atoms with van der Waals surface area (Å²) in [6.07, 6.45) is 5.11. The van der Waals surface area contributed by atoms with Gasteiger partial charge in [0.15, 0.2) is 0 Å². The van der Waals surface area contributed by atoms with Gasteiger partial charge in [-0.2, -0.15) is 0 Å². The molecular formula is C13H22O2. The van der Waals surface area contributed by atoms with Crippen molar-refractivity contribution in [1.29, 1.82) is 0 Å². The summed E-state index contributed by atoms with van der Waals surface area (Å²) in [5.74, 6) is 2.84. The van der Waals surface area contributed by atoms with Gasteiger partial charge in [-0.25, -0.2) is 0 Å². The maximum Gasteiger partial charge on any atom is 0.104 e. The van der Waals surface area contributed by atoms with E-state index >= 15 is 0 Å². The molecule has 1 aromatic rings. The van der Waals surface area contributed by atoms with Crippen LogP contribution >= 0.6 is 0 Å². The molecule has 1 rings (SSSR count). The second kappa shape index (κ2) is 6.67. The quantitative estimate of drug-likeness (QED) is 0.701. The maximum atomic E-state index is 8.64. The van der Waals surface area contributed by atoms with E-state index in [0.29, 0.717) is 12.5 Å². The number of furan rings is 1. The molecule has 1 heterocycles. The van der Waals surface area contributed by atoms with E-state index in [1.165, 1.54) is 0 Å². The smallest absolute Gasteiger partial charge is 0.104 e. The van der Waals surface area contributed by atoms with Crippen LogP contribution in [-0.2, 0) is 12.8 Å². The van der Waals surface area contributed by atoms with Crippen molar-refractivity contribution in [2.75, 3.05) is 6.61 Å². The zero-order valence-electron chi connectivity index (χ0n) is 9.83. The SMILES string of the molecule is CC(C)Cc1ccc(CCCCCO)o1. The number of hydrogen-bond acceptors (Lipinski definition) is 2. The van der Waals surface area contributed by atoms with Gasteiger partial charge in [0.05, 0.1) is 0 Å². The molecule has 86 valence electrons. The van der Waals surface area contributed by atoms with Gasteiger partial charge in [0.2, 0.25) is 0 Å². The molecule has 1 aromatic heterocycles. The van der Waals surface area contributed by atoms with Crippen molar-refractivity contribution in [3.8, 4) is 0 Å². The largest absolute Gasteiger partial charge is 0.466 e. The van der Waals surface area contributed by atoms with Crippen molar-refractivity contribution >= 4 is 0 Å². The molecule has 0 aliphatic carbocycles. The Morgan fingerprint density at radius 3 is 2.53 bits per heavy atom. The van der Waals surface area contributed by atoms with Gasteiger partial charge in [0.1, 0.15) is 11.5 Å². The molecule has 0 saturated carbocycles. The van der Waals surface area contributed by atoms with Crippen molar-refractivity contribution in [1.82, 2.24) is 0 Å². The van der Waals surface area contributed by atoms with Gasteiger partial charge in [-0.1, -0.05) is 20.3 Å². The highest BCUT2D eigenvalue weighted by atomic mass is 16.3. The lowest BCUT2D eigenvalue weighted by Gasteiger charge is -2.00. The first-order valence-electron chi connectivity index (χ1n) is 5.91. The van der Waals surface area contributed by atoms with Crippen LogP contribution in [0.2, 0.25) is 0 Å². The summed E-state index contributed by atoms with van der Waals surface area (Å²) >= 11 is 0. The summed E-state index contributed by atoms with van der Waals surface area (Å²) in [4.78, 5) is 0. The Hall–Kier alpha value is -0.760. The van der Waals surface area contributed by atoms with Crippen molar-refractivity contribution in [2.24, 2.45) is 5.92 Å². The number of rotatable bonds is 7. The van der Waals surface area contributed by atoms with Gasteiger partial charge < -0.3 is 9.52 Å². The summed E-state index contributed by atoms with van der Waals surface area (Å²) in [5.41, 5.74) is 0. The molecule has 2 nitrogen and oxygen atoms in total. The first kappa shape index (κ1) is 12.3. The molecule has 15 heavy (non-hydrogen) atoms. The van der Waals surface area contributed by atoms with Crippen LogP contribution in [0.15, 0.2) is 16.5 Å². The van der Waals surface area contributed by atoms with Crippen LogP contribution in [0.25, 0.3) is 0 Å². The van der Waals surface area contributed by atoms with Crippen LogP contribution in [0.5, 0.6) is 0 Å². The van der Waals surface area contributed by atoms with E-state index in [4.69, 9.17) is 9.52 Å². The third-order valence-corrected chi connectivity index (χ3v) is 2.41. The second-order valence-electron chi connectivity index (χ2n) is 4.50. The van der Waals surface area contributed by atoms with Crippen LogP contribution in [0.4, 0.5) is 0 Å². The molecule has 2 heteroatoms. The summed E-state index contributed by atoms with van der Waals surface area (Å²) in [7, 11) is 0. The lowest BCUT2D eigenvalue weighted by molar-refractivity contribution is 0.282. The standard InChI is InChI=1S/C13H22O2/c1-11(2)10-13-8-7-12(15-13)6-4-3-5-9-14/h7-8,11,14H,3-6,9-10H2,1-2H3. The number of aliphatic hydroxyl groups excluding tert-OH is 1. The van der Waals surface area contributed by atoms with Gasteiger partial charge in [-0.3, -0.25) is 0 Å². The Morgan fingerprint density at radius 2 is 1.87 bits per heavy atom. The highest BCUT2D eigenvalue weighted by molar-refractivity contribution is 5.07. The number of aryl methyl sites for hydroxylation is 1. The molecular weight excluding hydrogens is 188 g/mol. The minimum atomic E-state index is 0.302. The summed E-state index contributed by atoms with van der Waals surface area (Å²) in [6, 6.07) is 4.16. The predicted octanol–water partition coefficient (Wildman–Crippen LogP) is 3.18. The zero-order chi connectivity index (χ0) is 11.1. The number of aliphatic hydroxyl groups is 1. The molecule has 0 radical (unpaired) electrons. The van der Waals surface area contributed by atoms with Gasteiger partial charge in [0, 0.05) is 19.4 Å². The first-order valence-corrected chi connectivity index (χ1v) is 5.91. The Bertz CT molecular complexity index is 263. The van der Waals surface area contributed by atoms with Crippen LogP contribution in [0.1, 0.15) is 44.6 Å². The van der Waals surface area contributed by atoms with Crippen molar-refractivity contribution in [3.05, 3.63) is 23.7 Å². The maximum absolute atomic E-state index is 8.64. The Kier molecular flexibility index (Phi) is 5.48. The fourth-order valence-corrected chi connectivity index (χ4v) is 1.66. The highest BCUT2D eigenvalue weighted by Gasteiger charge is 2.03. The average Bonchev–Trinajstić information content (AvgIpc) is 2.59. The topological polar surface area (TPSA) is 33.4 Å². The van der Waals surface area contributed by atoms with Crippen molar-refractivity contribution in [2.45, 2.75) is 46.0 Å². The summed E-state index contributed by atoms with van der Waals surface area (Å²) in [6.45, 7) is 4.70. The van der Waals surface area contributed by atoms with E-state index in [0.717, 1.165) is 43.6 Å². The van der Waals surface area contributed by atoms with Gasteiger partial charge >= 0.3 is 0 Å². The van der Waals surface area contributed by atoms with E-state index < -0.39 is 0 Å². The number of hydrogen-bond donors (Lipinski definition) is 1. The fourth-order valence-electron chi connectivity index (χ4n) is 1.66. The molecule has 0 amide bonds. The molecule has 1 N–H and O–H groups in total. The van der Waals surface area contributed by atoms with E-state index in [-0.39, 0.29) is 0 Å². The Balaban J connectivity index is 2.26. The highest BCUT2D eigenvalue weighted by Crippen LogP contribution is 2.14. The van der Waals surface area contributed by atoms with Crippen LogP contribution in [0, 0.1) is 5.92 Å². The molecule has 0 aliphatic rings. The molecule has 0 fully saturated rings. The Morgan fingerprint density at radius 1 is 1.13 bits per heavy atom. The van der Waals surface area contributed by atoms with Crippen molar-refractivity contribution < 1.29 is 9.52 Å². The third-order valence-electron chi connectivity index (χ3n) is 2.41. The lowest BCUT2D eigenvalue weighted by atomic mass is 10.1. The normalized spacial score (nSPS) is 11.2. The average molecular weight is 210 g/mol. The molecule has 0 spiro atoms. The van der Waals surface area contributed by atoms with E-state index in [1.807, 2.05) is 0 Å². The lowest BCUT2D eigenvalue weighted by Crippen LogP contribution is -1.91. The third kappa shape index (κ3) is 5.03. The van der Waals surface area contributed by atoms with E-state index in [1.54, 1.807) is 0 Å². The summed E-state index contributed by atoms with van der Waals surface area (Å²) < 4.78 is 5.71. The number of unbranched alkanes of at least 4 members (excludes halogenated alkanes) is 2. The zero-order valence-corrected chi connectivity index (χ0v) is 9.83. The van der Waals surface area contributed by atoms with Crippen LogP contribution in [0.3, 0.4) is 0 Å². The van der Waals surface area contributed by atoms with Crippen LogP contribution in [-0.4, -0.2) is 11.7 Å². The minimum absolute atomic E-state index is 0.302. The Labute approximate surface area is 92.3 Å². The molecule has 0 atom stereocenters. The molecule has 0 saturated heterocycles. The second-order valence-corrected chi connectivity index (χ2v) is 4.50. The monoisotopic (exact) mass is 210 g/mol. The molecule has 0 unspecified atom stereocenters. The summed E-state index contributed by atoms with van der Waals surface area (Å²) in [5, 5.41) is 8.64. The molecule has 0 bridgehead atoms.